The molecule has 1 atom stereocenters. The summed E-state index contributed by atoms with van der Waals surface area (Å²) in [6, 6.07) is 14.6. The van der Waals surface area contributed by atoms with Crippen LogP contribution in [0.4, 0.5) is 5.82 Å². The predicted octanol–water partition coefficient (Wildman–Crippen LogP) is 4.34. The summed E-state index contributed by atoms with van der Waals surface area (Å²) in [6.07, 6.45) is 3.65. The van der Waals surface area contributed by atoms with E-state index in [0.29, 0.717) is 31.2 Å². The molecular formula is C25H30ClN5O2S. The van der Waals surface area contributed by atoms with Gasteiger partial charge in [0.15, 0.2) is 0 Å². The normalized spacial score (nSPS) is 19.4. The molecule has 9 heteroatoms. The fourth-order valence-electron chi connectivity index (χ4n) is 4.86. The Morgan fingerprint density at radius 2 is 1.53 bits per heavy atom. The monoisotopic (exact) mass is 499 g/mol. The van der Waals surface area contributed by atoms with Crippen molar-refractivity contribution < 1.29 is 8.42 Å². The number of benzene rings is 2. The van der Waals surface area contributed by atoms with Crippen LogP contribution in [-0.4, -0.2) is 66.9 Å². The molecule has 180 valence electrons. The number of nitrogens with zero attached hydrogens (tertiary/aromatic N) is 5. The van der Waals surface area contributed by atoms with Crippen molar-refractivity contribution in [3.63, 3.8) is 0 Å². The minimum atomic E-state index is -3.53. The van der Waals surface area contributed by atoms with Gasteiger partial charge in [-0.15, -0.1) is 0 Å². The second-order valence-electron chi connectivity index (χ2n) is 9.04. The van der Waals surface area contributed by atoms with Gasteiger partial charge in [-0.2, -0.15) is 4.31 Å². The third kappa shape index (κ3) is 4.64. The Hall–Kier alpha value is -2.26. The maximum absolute atomic E-state index is 13.0. The first kappa shape index (κ1) is 23.5. The van der Waals surface area contributed by atoms with Crippen LogP contribution in [0.5, 0.6) is 0 Å². The van der Waals surface area contributed by atoms with Crippen LogP contribution in [-0.2, 0) is 10.0 Å². The smallest absolute Gasteiger partial charge is 0.243 e. The van der Waals surface area contributed by atoms with E-state index >= 15 is 0 Å². The lowest BCUT2D eigenvalue weighted by molar-refractivity contribution is 0.141. The largest absolute Gasteiger partial charge is 0.356 e. The molecular weight excluding hydrogens is 470 g/mol. The molecule has 0 radical (unpaired) electrons. The van der Waals surface area contributed by atoms with Gasteiger partial charge < -0.3 is 4.90 Å². The molecule has 34 heavy (non-hydrogen) atoms. The fraction of sp³-hybridized carbons (Fsp3) is 0.440. The van der Waals surface area contributed by atoms with Crippen LogP contribution in [0.25, 0.3) is 10.9 Å². The summed E-state index contributed by atoms with van der Waals surface area (Å²) in [5.74, 6) is 1.82. The van der Waals surface area contributed by atoms with E-state index < -0.39 is 10.0 Å². The molecule has 2 aliphatic heterocycles. The van der Waals surface area contributed by atoms with E-state index in [9.17, 15) is 8.42 Å². The summed E-state index contributed by atoms with van der Waals surface area (Å²) < 4.78 is 27.6. The highest BCUT2D eigenvalue weighted by Gasteiger charge is 2.31. The van der Waals surface area contributed by atoms with Gasteiger partial charge in [0.05, 0.1) is 16.5 Å². The Morgan fingerprint density at radius 3 is 2.24 bits per heavy atom. The molecule has 0 bridgehead atoms. The molecule has 0 amide bonds. The van der Waals surface area contributed by atoms with Gasteiger partial charge in [-0.1, -0.05) is 23.7 Å². The minimum Gasteiger partial charge on any atom is -0.356 e. The third-order valence-corrected chi connectivity index (χ3v) is 9.07. The molecule has 5 rings (SSSR count). The van der Waals surface area contributed by atoms with E-state index in [4.69, 9.17) is 21.6 Å². The number of rotatable bonds is 5. The SMILES string of the molecule is CC(c1nc(N2CCCCC2)c2ccccc2n1)N1CCN(S(=O)(=O)c2ccc(Cl)cc2)CC1. The molecule has 0 saturated carbocycles. The molecule has 0 aliphatic carbocycles. The lowest BCUT2D eigenvalue weighted by Crippen LogP contribution is -2.49. The van der Waals surface area contributed by atoms with Crippen LogP contribution >= 0.6 is 11.6 Å². The number of hydrogen-bond acceptors (Lipinski definition) is 6. The van der Waals surface area contributed by atoms with Gasteiger partial charge in [-0.05, 0) is 62.6 Å². The standard InChI is InChI=1S/C25H30ClN5O2S/c1-19(29-15-17-31(18-16-29)34(32,33)21-11-9-20(26)10-12-21)24-27-23-8-4-3-7-22(23)25(28-24)30-13-5-2-6-14-30/h3-4,7-12,19H,2,5-6,13-18H2,1H3. The zero-order valence-corrected chi connectivity index (χ0v) is 21.0. The zero-order valence-electron chi connectivity index (χ0n) is 19.4. The van der Waals surface area contributed by atoms with Crippen LogP contribution in [0.1, 0.15) is 38.1 Å². The molecule has 2 saturated heterocycles. The van der Waals surface area contributed by atoms with Crippen LogP contribution in [0.3, 0.4) is 0 Å². The van der Waals surface area contributed by atoms with Crippen molar-refractivity contribution >= 4 is 38.3 Å². The molecule has 0 N–H and O–H groups in total. The highest BCUT2D eigenvalue weighted by molar-refractivity contribution is 7.89. The number of hydrogen-bond donors (Lipinski definition) is 0. The van der Waals surface area contributed by atoms with Crippen molar-refractivity contribution in [2.75, 3.05) is 44.2 Å². The Bertz CT molecular complexity index is 1250. The first-order chi connectivity index (χ1) is 16.4. The van der Waals surface area contributed by atoms with Crippen molar-refractivity contribution in [1.82, 2.24) is 19.2 Å². The predicted molar refractivity (Wildman–Crippen MR) is 136 cm³/mol. The van der Waals surface area contributed by atoms with E-state index in [-0.39, 0.29) is 10.9 Å². The lowest BCUT2D eigenvalue weighted by atomic mass is 10.1. The summed E-state index contributed by atoms with van der Waals surface area (Å²) in [5, 5.41) is 1.62. The highest BCUT2D eigenvalue weighted by atomic mass is 35.5. The maximum atomic E-state index is 13.0. The van der Waals surface area contributed by atoms with Crippen molar-refractivity contribution in [1.29, 1.82) is 0 Å². The van der Waals surface area contributed by atoms with E-state index in [1.165, 1.54) is 19.3 Å². The Labute approximate surface area is 206 Å². The van der Waals surface area contributed by atoms with E-state index in [2.05, 4.69) is 28.9 Å². The van der Waals surface area contributed by atoms with Gasteiger partial charge in [-0.3, -0.25) is 4.90 Å². The summed E-state index contributed by atoms with van der Waals surface area (Å²) in [6.45, 7) is 6.29. The van der Waals surface area contributed by atoms with E-state index in [0.717, 1.165) is 35.6 Å². The minimum absolute atomic E-state index is 0.00599. The molecule has 1 unspecified atom stereocenters. The molecule has 2 aromatic carbocycles. The van der Waals surface area contributed by atoms with Gasteiger partial charge in [0.1, 0.15) is 11.6 Å². The summed E-state index contributed by atoms with van der Waals surface area (Å²) in [5.41, 5.74) is 0.962. The maximum Gasteiger partial charge on any atom is 0.243 e. The van der Waals surface area contributed by atoms with Crippen molar-refractivity contribution in [3.05, 3.63) is 59.4 Å². The number of piperidine rings is 1. The molecule has 7 nitrogen and oxygen atoms in total. The highest BCUT2D eigenvalue weighted by Crippen LogP contribution is 2.30. The topological polar surface area (TPSA) is 69.6 Å². The fourth-order valence-corrected chi connectivity index (χ4v) is 6.41. The van der Waals surface area contributed by atoms with Crippen LogP contribution in [0.15, 0.2) is 53.4 Å². The molecule has 0 spiro atoms. The van der Waals surface area contributed by atoms with Gasteiger partial charge in [0.2, 0.25) is 10.0 Å². The third-order valence-electron chi connectivity index (χ3n) is 6.90. The van der Waals surface area contributed by atoms with Gasteiger partial charge in [0.25, 0.3) is 0 Å². The second kappa shape index (κ2) is 9.77. The van der Waals surface area contributed by atoms with Gasteiger partial charge in [-0.25, -0.2) is 18.4 Å². The number of anilines is 1. The van der Waals surface area contributed by atoms with Gasteiger partial charge in [0, 0.05) is 49.7 Å². The van der Waals surface area contributed by atoms with Crippen molar-refractivity contribution in [2.24, 2.45) is 0 Å². The summed E-state index contributed by atoms with van der Waals surface area (Å²) in [7, 11) is -3.53. The average Bonchev–Trinajstić information content (AvgIpc) is 2.88. The molecule has 3 heterocycles. The van der Waals surface area contributed by atoms with Crippen LogP contribution in [0.2, 0.25) is 5.02 Å². The number of aromatic nitrogens is 2. The van der Waals surface area contributed by atoms with Crippen molar-refractivity contribution in [3.8, 4) is 0 Å². The Morgan fingerprint density at radius 1 is 0.853 bits per heavy atom. The molecule has 1 aromatic heterocycles. The van der Waals surface area contributed by atoms with E-state index in [1.54, 1.807) is 28.6 Å². The van der Waals surface area contributed by atoms with E-state index in [1.807, 2.05) is 12.1 Å². The summed E-state index contributed by atoms with van der Waals surface area (Å²) >= 11 is 5.93. The average molecular weight is 500 g/mol. The zero-order chi connectivity index (χ0) is 23.7. The molecule has 3 aromatic rings. The number of halogens is 1. The number of piperazine rings is 1. The van der Waals surface area contributed by atoms with Gasteiger partial charge >= 0.3 is 0 Å². The number of para-hydroxylation sites is 1. The van der Waals surface area contributed by atoms with Crippen LogP contribution in [0, 0.1) is 0 Å². The van der Waals surface area contributed by atoms with Crippen LogP contribution < -0.4 is 4.90 Å². The lowest BCUT2D eigenvalue weighted by Gasteiger charge is -2.37. The molecule has 2 fully saturated rings. The second-order valence-corrected chi connectivity index (χ2v) is 11.4. The number of sulfonamides is 1. The first-order valence-corrected chi connectivity index (χ1v) is 13.8. The number of fused-ring (bicyclic) bond motifs is 1. The summed E-state index contributed by atoms with van der Waals surface area (Å²) in [4.78, 5) is 14.9. The quantitative estimate of drug-likeness (QED) is 0.520. The Kier molecular flexibility index (Phi) is 6.75. The van der Waals surface area contributed by atoms with Crippen molar-refractivity contribution in [2.45, 2.75) is 37.1 Å². The molecule has 2 aliphatic rings. The first-order valence-electron chi connectivity index (χ1n) is 11.9. The Balaban J connectivity index is 1.35.